The third-order valence-electron chi connectivity index (χ3n) is 4.02. The minimum Gasteiger partial charge on any atom is -0.496 e. The van der Waals surface area contributed by atoms with E-state index in [1.165, 1.54) is 16.7 Å². The van der Waals surface area contributed by atoms with Crippen molar-refractivity contribution in [2.45, 2.75) is 25.5 Å². The molecular formula is C16H17F2NO3S. The quantitative estimate of drug-likeness (QED) is 0.898. The van der Waals surface area contributed by atoms with E-state index in [-0.39, 0.29) is 24.4 Å². The average Bonchev–Trinajstić information content (AvgIpc) is 2.91. The molecule has 1 saturated heterocycles. The first kappa shape index (κ1) is 16.3. The summed E-state index contributed by atoms with van der Waals surface area (Å²) >= 11 is 1.39. The molecule has 1 aromatic rings. The van der Waals surface area contributed by atoms with Gasteiger partial charge in [0.1, 0.15) is 22.3 Å². The molecule has 1 fully saturated rings. The van der Waals surface area contributed by atoms with Crippen LogP contribution in [0.15, 0.2) is 28.9 Å². The predicted octanol–water partition coefficient (Wildman–Crippen LogP) is 2.59. The Morgan fingerprint density at radius 1 is 1.43 bits per heavy atom. The Morgan fingerprint density at radius 3 is 2.96 bits per heavy atom. The number of halogens is 2. The zero-order chi connectivity index (χ0) is 16.6. The van der Waals surface area contributed by atoms with Crippen LogP contribution in [0, 0.1) is 11.6 Å². The van der Waals surface area contributed by atoms with Crippen molar-refractivity contribution in [1.29, 1.82) is 0 Å². The first-order valence-corrected chi connectivity index (χ1v) is 8.36. The van der Waals surface area contributed by atoms with Crippen LogP contribution in [0.4, 0.5) is 8.78 Å². The van der Waals surface area contributed by atoms with Gasteiger partial charge in [0.05, 0.1) is 18.8 Å². The lowest BCUT2D eigenvalue weighted by Gasteiger charge is -2.28. The van der Waals surface area contributed by atoms with Gasteiger partial charge in [0.25, 0.3) is 5.91 Å². The fourth-order valence-electron chi connectivity index (χ4n) is 2.95. The molecule has 2 heterocycles. The molecule has 1 amide bonds. The first-order valence-electron chi connectivity index (χ1n) is 7.38. The van der Waals surface area contributed by atoms with Gasteiger partial charge in [-0.05, 0) is 31.5 Å². The number of aliphatic hydroxyl groups excluding tert-OH is 1. The van der Waals surface area contributed by atoms with Crippen LogP contribution in [0.5, 0.6) is 0 Å². The van der Waals surface area contributed by atoms with Crippen molar-refractivity contribution in [3.63, 3.8) is 0 Å². The fraction of sp³-hybridized carbons (Fsp3) is 0.438. The van der Waals surface area contributed by atoms with E-state index in [4.69, 9.17) is 4.74 Å². The predicted molar refractivity (Wildman–Crippen MR) is 82.5 cm³/mol. The average molecular weight is 341 g/mol. The lowest BCUT2D eigenvalue weighted by molar-refractivity contribution is -0.127. The molecule has 2 aliphatic rings. The maximum Gasteiger partial charge on any atom is 0.264 e. The third kappa shape index (κ3) is 3.21. The first-order chi connectivity index (χ1) is 11.0. The van der Waals surface area contributed by atoms with Crippen molar-refractivity contribution >= 4 is 17.7 Å². The molecule has 0 unspecified atom stereocenters. The van der Waals surface area contributed by atoms with Crippen LogP contribution in [0.3, 0.4) is 0 Å². The van der Waals surface area contributed by atoms with Crippen LogP contribution < -0.4 is 0 Å². The van der Waals surface area contributed by atoms with E-state index in [0.29, 0.717) is 23.0 Å². The second kappa shape index (κ2) is 6.49. The van der Waals surface area contributed by atoms with Crippen molar-refractivity contribution in [2.24, 2.45) is 0 Å². The number of thioether (sulfide) groups is 1. The number of ether oxygens (including phenoxy) is 1. The summed E-state index contributed by atoms with van der Waals surface area (Å²) in [6, 6.07) is 2.48. The number of likely N-dealkylation sites (tertiary alicyclic amines) is 1. The number of aliphatic hydroxyl groups is 1. The Hall–Kier alpha value is -1.60. The lowest BCUT2D eigenvalue weighted by Crippen LogP contribution is -2.34. The van der Waals surface area contributed by atoms with Gasteiger partial charge in [-0.25, -0.2) is 8.78 Å². The monoisotopic (exact) mass is 341 g/mol. The number of β-amino-alcohol motifs (C(OH)–C–C–N with tert-alkyl or cyclic N) is 1. The van der Waals surface area contributed by atoms with E-state index in [1.807, 2.05) is 0 Å². The van der Waals surface area contributed by atoms with Crippen molar-refractivity contribution in [2.75, 3.05) is 18.9 Å². The SMILES string of the molecule is CC1=C(C(=O)N2C[C@@H](O)C[C@H]2c2cc(F)ccc2F)SCCO1. The second-order valence-electron chi connectivity index (χ2n) is 5.61. The Kier molecular flexibility index (Phi) is 4.59. The molecule has 7 heteroatoms. The van der Waals surface area contributed by atoms with E-state index in [1.54, 1.807) is 6.92 Å². The molecule has 0 spiro atoms. The van der Waals surface area contributed by atoms with Gasteiger partial charge in [-0.2, -0.15) is 0 Å². The van der Waals surface area contributed by atoms with Gasteiger partial charge in [-0.15, -0.1) is 11.8 Å². The molecule has 4 nitrogen and oxygen atoms in total. The molecule has 3 rings (SSSR count). The molecule has 0 radical (unpaired) electrons. The molecule has 0 aliphatic carbocycles. The number of amides is 1. The van der Waals surface area contributed by atoms with E-state index < -0.39 is 23.8 Å². The zero-order valence-electron chi connectivity index (χ0n) is 12.6. The van der Waals surface area contributed by atoms with Gasteiger partial charge in [-0.1, -0.05) is 0 Å². The maximum atomic E-state index is 14.1. The van der Waals surface area contributed by atoms with Gasteiger partial charge >= 0.3 is 0 Å². The maximum absolute atomic E-state index is 14.1. The van der Waals surface area contributed by atoms with Crippen LogP contribution in [0.1, 0.15) is 24.9 Å². The Morgan fingerprint density at radius 2 is 2.22 bits per heavy atom. The van der Waals surface area contributed by atoms with Gasteiger partial charge in [-0.3, -0.25) is 4.79 Å². The number of hydrogen-bond donors (Lipinski definition) is 1. The summed E-state index contributed by atoms with van der Waals surface area (Å²) in [7, 11) is 0. The number of carbonyl (C=O) groups excluding carboxylic acids is 1. The van der Waals surface area contributed by atoms with Crippen molar-refractivity contribution < 1.29 is 23.4 Å². The molecule has 0 saturated carbocycles. The summed E-state index contributed by atoms with van der Waals surface area (Å²) in [4.78, 5) is 14.6. The number of hydrogen-bond acceptors (Lipinski definition) is 4. The molecule has 2 atom stereocenters. The smallest absolute Gasteiger partial charge is 0.264 e. The lowest BCUT2D eigenvalue weighted by atomic mass is 10.0. The number of carbonyl (C=O) groups is 1. The molecule has 1 aromatic carbocycles. The van der Waals surface area contributed by atoms with E-state index >= 15 is 0 Å². The zero-order valence-corrected chi connectivity index (χ0v) is 13.4. The third-order valence-corrected chi connectivity index (χ3v) is 5.14. The van der Waals surface area contributed by atoms with E-state index in [2.05, 4.69) is 0 Å². The molecule has 124 valence electrons. The van der Waals surface area contributed by atoms with Crippen molar-refractivity contribution in [1.82, 2.24) is 4.90 Å². The summed E-state index contributed by atoms with van der Waals surface area (Å²) in [5.74, 6) is -0.264. The van der Waals surface area contributed by atoms with Crippen LogP contribution in [-0.4, -0.2) is 40.9 Å². The number of allylic oxidation sites excluding steroid dienone is 1. The summed E-state index contributed by atoms with van der Waals surface area (Å²) in [5.41, 5.74) is 0.0925. The minimum atomic E-state index is -0.762. The largest absolute Gasteiger partial charge is 0.496 e. The Balaban J connectivity index is 1.94. The molecule has 0 aromatic heterocycles. The molecular weight excluding hydrogens is 324 g/mol. The van der Waals surface area contributed by atoms with Crippen molar-refractivity contribution in [3.8, 4) is 0 Å². The molecule has 1 N–H and O–H groups in total. The standard InChI is InChI=1S/C16H17F2NO3S/c1-9-15(23-5-4-22-9)16(21)19-8-11(20)7-14(19)12-6-10(17)2-3-13(12)18/h2-3,6,11,14,20H,4-5,7-8H2,1H3/t11-,14-/m0/s1. The fourth-order valence-corrected chi connectivity index (χ4v) is 3.83. The topological polar surface area (TPSA) is 49.8 Å². The van der Waals surface area contributed by atoms with Crippen LogP contribution >= 0.6 is 11.8 Å². The van der Waals surface area contributed by atoms with E-state index in [0.717, 1.165) is 18.2 Å². The van der Waals surface area contributed by atoms with Crippen LogP contribution in [-0.2, 0) is 9.53 Å². The second-order valence-corrected chi connectivity index (χ2v) is 6.72. The van der Waals surface area contributed by atoms with Gasteiger partial charge in [0.2, 0.25) is 0 Å². The van der Waals surface area contributed by atoms with Gasteiger partial charge < -0.3 is 14.7 Å². The highest BCUT2D eigenvalue weighted by molar-refractivity contribution is 8.04. The van der Waals surface area contributed by atoms with Crippen molar-refractivity contribution in [3.05, 3.63) is 46.1 Å². The molecule has 2 aliphatic heterocycles. The summed E-state index contributed by atoms with van der Waals surface area (Å²) in [6.45, 7) is 2.35. The number of nitrogens with zero attached hydrogens (tertiary/aromatic N) is 1. The Bertz CT molecular complexity index is 665. The minimum absolute atomic E-state index is 0.0925. The molecule has 23 heavy (non-hydrogen) atoms. The normalized spacial score (nSPS) is 24.8. The summed E-state index contributed by atoms with van der Waals surface area (Å²) < 4.78 is 32.9. The Labute approximate surface area is 137 Å². The number of rotatable bonds is 2. The summed E-state index contributed by atoms with van der Waals surface area (Å²) in [5, 5.41) is 9.94. The molecule has 0 bridgehead atoms. The highest BCUT2D eigenvalue weighted by Crippen LogP contribution is 2.37. The number of benzene rings is 1. The highest BCUT2D eigenvalue weighted by Gasteiger charge is 2.39. The van der Waals surface area contributed by atoms with Gasteiger partial charge in [0, 0.05) is 17.9 Å². The summed E-state index contributed by atoms with van der Waals surface area (Å²) in [6.07, 6.45) is -0.578. The van der Waals surface area contributed by atoms with E-state index in [9.17, 15) is 18.7 Å². The van der Waals surface area contributed by atoms with Crippen LogP contribution in [0.2, 0.25) is 0 Å². The highest BCUT2D eigenvalue weighted by atomic mass is 32.2. The van der Waals surface area contributed by atoms with Crippen LogP contribution in [0.25, 0.3) is 0 Å². The van der Waals surface area contributed by atoms with Gasteiger partial charge in [0.15, 0.2) is 0 Å².